The van der Waals surface area contributed by atoms with Crippen molar-refractivity contribution in [3.63, 3.8) is 0 Å². The second-order valence-corrected chi connectivity index (χ2v) is 9.50. The molecule has 4 rings (SSSR count). The predicted molar refractivity (Wildman–Crippen MR) is 132 cm³/mol. The molecule has 0 bridgehead atoms. The number of carbonyl (C=O) groups is 1. The third-order valence-electron chi connectivity index (χ3n) is 6.70. The molecule has 1 aromatic carbocycles. The maximum Gasteiger partial charge on any atom is 0.322 e. The second-order valence-electron chi connectivity index (χ2n) is 9.09. The molecule has 0 unspecified atom stereocenters. The number of rotatable bonds is 4. The second kappa shape index (κ2) is 10.5. The number of piperazine rings is 1. The van der Waals surface area contributed by atoms with Gasteiger partial charge in [-0.05, 0) is 50.8 Å². The van der Waals surface area contributed by atoms with Crippen molar-refractivity contribution in [2.75, 3.05) is 47.9 Å². The van der Waals surface area contributed by atoms with E-state index in [1.54, 1.807) is 18.5 Å². The normalized spacial score (nSPS) is 21.3. The van der Waals surface area contributed by atoms with Gasteiger partial charge in [-0.2, -0.15) is 5.26 Å². The zero-order chi connectivity index (χ0) is 24.2. The number of piperidine rings is 1. The number of hydrogen-bond acceptors (Lipinski definition) is 7. The van der Waals surface area contributed by atoms with E-state index in [0.29, 0.717) is 41.2 Å². The lowest BCUT2D eigenvalue weighted by atomic mass is 9.98. The van der Waals surface area contributed by atoms with Crippen LogP contribution in [0.4, 0.5) is 22.1 Å². The Morgan fingerprint density at radius 1 is 1.21 bits per heavy atom. The van der Waals surface area contributed by atoms with Crippen molar-refractivity contribution in [2.45, 2.75) is 38.8 Å². The third-order valence-corrected chi connectivity index (χ3v) is 7.01. The van der Waals surface area contributed by atoms with E-state index in [0.717, 1.165) is 31.6 Å². The van der Waals surface area contributed by atoms with Crippen molar-refractivity contribution in [1.82, 2.24) is 14.9 Å². The lowest BCUT2D eigenvalue weighted by Gasteiger charge is -2.45. The molecule has 3 heterocycles. The van der Waals surface area contributed by atoms with E-state index < -0.39 is 0 Å². The van der Waals surface area contributed by atoms with Crippen molar-refractivity contribution in [1.29, 1.82) is 5.26 Å². The van der Waals surface area contributed by atoms with Crippen molar-refractivity contribution < 1.29 is 9.90 Å². The van der Waals surface area contributed by atoms with Crippen LogP contribution in [0.3, 0.4) is 0 Å². The molecule has 2 aromatic rings. The van der Waals surface area contributed by atoms with Gasteiger partial charge in [0, 0.05) is 50.6 Å². The number of nitriles is 1. The van der Waals surface area contributed by atoms with Gasteiger partial charge in [0.25, 0.3) is 0 Å². The van der Waals surface area contributed by atoms with Gasteiger partial charge in [0.1, 0.15) is 6.07 Å². The molecule has 2 aliphatic rings. The van der Waals surface area contributed by atoms with Crippen LogP contribution in [0.2, 0.25) is 5.02 Å². The van der Waals surface area contributed by atoms with Gasteiger partial charge in [-0.15, -0.1) is 0 Å². The molecule has 0 radical (unpaired) electrons. The topological polar surface area (TPSA) is 109 Å². The molecule has 2 aliphatic heterocycles. The number of nitrogens with zero attached hydrogens (tertiary/aromatic N) is 6. The number of aliphatic hydroxyl groups is 1. The van der Waals surface area contributed by atoms with Crippen LogP contribution in [-0.4, -0.2) is 70.9 Å². The Kier molecular flexibility index (Phi) is 7.39. The zero-order valence-corrected chi connectivity index (χ0v) is 20.2. The Bertz CT molecular complexity index is 1050. The van der Waals surface area contributed by atoms with Crippen LogP contribution in [-0.2, 0) is 0 Å². The number of benzene rings is 1. The number of aliphatic hydroxyl groups excluding tert-OH is 1. The number of aromatic nitrogens is 2. The first kappa shape index (κ1) is 24.0. The Hall–Kier alpha value is -3.09. The van der Waals surface area contributed by atoms with E-state index >= 15 is 0 Å². The SMILES string of the molecule is C[C@@H]1CN(c2ccc(C#N)c(Cl)c2)[C@@H](C)CN1C(=O)Nc1cnc(N2CCC(CO)CC2)nc1. The molecule has 10 heteroatoms. The summed E-state index contributed by atoms with van der Waals surface area (Å²) in [6.07, 6.45) is 5.13. The highest BCUT2D eigenvalue weighted by atomic mass is 35.5. The molecule has 2 atom stereocenters. The molecule has 9 nitrogen and oxygen atoms in total. The first-order valence-electron chi connectivity index (χ1n) is 11.6. The first-order chi connectivity index (χ1) is 16.4. The van der Waals surface area contributed by atoms with Crippen LogP contribution in [0.1, 0.15) is 32.3 Å². The lowest BCUT2D eigenvalue weighted by molar-refractivity contribution is 0.173. The molecule has 2 fully saturated rings. The van der Waals surface area contributed by atoms with Crippen molar-refractivity contribution >= 4 is 35.0 Å². The van der Waals surface area contributed by atoms with Crippen molar-refractivity contribution in [2.24, 2.45) is 5.92 Å². The van der Waals surface area contributed by atoms with E-state index in [9.17, 15) is 9.90 Å². The molecule has 0 saturated carbocycles. The number of anilines is 3. The zero-order valence-electron chi connectivity index (χ0n) is 19.5. The van der Waals surface area contributed by atoms with E-state index in [-0.39, 0.29) is 24.7 Å². The summed E-state index contributed by atoms with van der Waals surface area (Å²) in [6, 6.07) is 7.38. The molecule has 180 valence electrons. The van der Waals surface area contributed by atoms with Gasteiger partial charge in [0.2, 0.25) is 5.95 Å². The number of nitrogens with one attached hydrogen (secondary N) is 1. The minimum atomic E-state index is -0.183. The van der Waals surface area contributed by atoms with Crippen molar-refractivity contribution in [3.05, 3.63) is 41.2 Å². The molecular formula is C24H30ClN7O2. The molecule has 2 amide bonds. The maximum atomic E-state index is 13.0. The van der Waals surface area contributed by atoms with Crippen LogP contribution < -0.4 is 15.1 Å². The Morgan fingerprint density at radius 2 is 1.91 bits per heavy atom. The average Bonchev–Trinajstić information content (AvgIpc) is 2.85. The number of urea groups is 1. The van der Waals surface area contributed by atoms with E-state index in [4.69, 9.17) is 16.9 Å². The van der Waals surface area contributed by atoms with Crippen LogP contribution in [0, 0.1) is 17.2 Å². The van der Waals surface area contributed by atoms with E-state index in [2.05, 4.69) is 38.1 Å². The smallest absolute Gasteiger partial charge is 0.322 e. The average molecular weight is 484 g/mol. The minimum Gasteiger partial charge on any atom is -0.396 e. The van der Waals surface area contributed by atoms with Crippen LogP contribution in [0.15, 0.2) is 30.6 Å². The number of carbonyl (C=O) groups excluding carboxylic acids is 1. The lowest BCUT2D eigenvalue weighted by Crippen LogP contribution is -2.59. The fraction of sp³-hybridized carbons (Fsp3) is 0.500. The summed E-state index contributed by atoms with van der Waals surface area (Å²) in [5.74, 6) is 1.000. The van der Waals surface area contributed by atoms with E-state index in [1.807, 2.05) is 24.0 Å². The Morgan fingerprint density at radius 3 is 2.53 bits per heavy atom. The molecule has 0 spiro atoms. The third kappa shape index (κ3) is 5.18. The number of hydrogen-bond donors (Lipinski definition) is 2. The summed E-state index contributed by atoms with van der Waals surface area (Å²) in [5, 5.41) is 21.8. The van der Waals surface area contributed by atoms with Crippen molar-refractivity contribution in [3.8, 4) is 6.07 Å². The summed E-state index contributed by atoms with van der Waals surface area (Å²) < 4.78 is 0. The monoisotopic (exact) mass is 483 g/mol. The molecule has 2 saturated heterocycles. The molecule has 0 aliphatic carbocycles. The molecule has 1 aromatic heterocycles. The number of halogens is 1. The van der Waals surface area contributed by atoms with E-state index in [1.165, 1.54) is 0 Å². The largest absolute Gasteiger partial charge is 0.396 e. The van der Waals surface area contributed by atoms with Crippen LogP contribution in [0.5, 0.6) is 0 Å². The Labute approximate surface area is 205 Å². The number of amides is 2. The Balaban J connectivity index is 1.36. The minimum absolute atomic E-state index is 0.0290. The summed E-state index contributed by atoms with van der Waals surface area (Å²) in [7, 11) is 0. The van der Waals surface area contributed by atoms with Gasteiger partial charge in [-0.1, -0.05) is 11.6 Å². The quantitative estimate of drug-likeness (QED) is 0.686. The first-order valence-corrected chi connectivity index (χ1v) is 12.0. The fourth-order valence-electron chi connectivity index (χ4n) is 4.60. The van der Waals surface area contributed by atoms with Gasteiger partial charge in [0.05, 0.1) is 28.7 Å². The highest BCUT2D eigenvalue weighted by Gasteiger charge is 2.32. The standard InChI is InChI=1S/C24H30ClN7O2/c1-16-14-32(17(2)13-31(16)21-4-3-19(10-26)22(25)9-21)24(34)29-20-11-27-23(28-12-20)30-7-5-18(15-33)6-8-30/h3-4,9,11-12,16-18,33H,5-8,13-15H2,1-2H3,(H,29,34)/t16-,17+/m0/s1. The molecule has 34 heavy (non-hydrogen) atoms. The van der Waals surface area contributed by atoms with Crippen LogP contribution >= 0.6 is 11.6 Å². The van der Waals surface area contributed by atoms with Gasteiger partial charge in [-0.25, -0.2) is 14.8 Å². The molecule has 2 N–H and O–H groups in total. The van der Waals surface area contributed by atoms with Gasteiger partial charge in [-0.3, -0.25) is 0 Å². The van der Waals surface area contributed by atoms with Gasteiger partial charge in [0.15, 0.2) is 0 Å². The van der Waals surface area contributed by atoms with Gasteiger partial charge >= 0.3 is 6.03 Å². The highest BCUT2D eigenvalue weighted by molar-refractivity contribution is 6.32. The highest BCUT2D eigenvalue weighted by Crippen LogP contribution is 2.28. The summed E-state index contributed by atoms with van der Waals surface area (Å²) in [4.78, 5) is 28.0. The summed E-state index contributed by atoms with van der Waals surface area (Å²) in [6.45, 7) is 7.14. The van der Waals surface area contributed by atoms with Crippen LogP contribution in [0.25, 0.3) is 0 Å². The molecular weight excluding hydrogens is 454 g/mol. The predicted octanol–water partition coefficient (Wildman–Crippen LogP) is 3.34. The maximum absolute atomic E-state index is 13.0. The van der Waals surface area contributed by atoms with Gasteiger partial charge < -0.3 is 25.1 Å². The summed E-state index contributed by atoms with van der Waals surface area (Å²) in [5.41, 5.74) is 1.95. The fourth-order valence-corrected chi connectivity index (χ4v) is 4.82. The summed E-state index contributed by atoms with van der Waals surface area (Å²) >= 11 is 6.23.